The number of halogens is 1. The van der Waals surface area contributed by atoms with Crippen LogP contribution in [0.5, 0.6) is 0 Å². The number of amides is 1. The molecule has 1 saturated heterocycles. The number of hydrogen-bond donors (Lipinski definition) is 1. The van der Waals surface area contributed by atoms with Gasteiger partial charge in [0.25, 0.3) is 5.67 Å². The Labute approximate surface area is 280 Å². The molecule has 1 aliphatic heterocycles. The quantitative estimate of drug-likeness (QED) is 0.144. The van der Waals surface area contributed by atoms with Crippen LogP contribution in [0.2, 0.25) is 0 Å². The molecule has 264 valence electrons. The summed E-state index contributed by atoms with van der Waals surface area (Å²) in [7, 11) is 0. The summed E-state index contributed by atoms with van der Waals surface area (Å²) < 4.78 is 28.4. The summed E-state index contributed by atoms with van der Waals surface area (Å²) in [6.45, 7) is 20.4. The molecule has 6 atom stereocenters. The van der Waals surface area contributed by atoms with Crippen LogP contribution in [0.15, 0.2) is 40.5 Å². The summed E-state index contributed by atoms with van der Waals surface area (Å²) >= 11 is 0. The van der Waals surface area contributed by atoms with E-state index in [4.69, 9.17) is 14.3 Å². The van der Waals surface area contributed by atoms with E-state index in [1.807, 2.05) is 65.0 Å². The Kier molecular flexibility index (Phi) is 13.6. The Morgan fingerprint density at radius 1 is 1.09 bits per heavy atom. The van der Waals surface area contributed by atoms with Crippen LogP contribution >= 0.6 is 0 Å². The lowest BCUT2D eigenvalue weighted by Crippen LogP contribution is -2.56. The Hall–Kier alpha value is -2.98. The number of hydrogen-bond acceptors (Lipinski definition) is 8. The highest BCUT2D eigenvalue weighted by atomic mass is 19.1. The summed E-state index contributed by atoms with van der Waals surface area (Å²) in [5.41, 5.74) is -4.55. The number of aliphatic hydroxyl groups is 1. The zero-order chi connectivity index (χ0) is 36.0. The zero-order valence-electron chi connectivity index (χ0n) is 30.5. The van der Waals surface area contributed by atoms with Crippen LogP contribution in [0.1, 0.15) is 108 Å². The van der Waals surface area contributed by atoms with E-state index >= 15 is 4.39 Å². The van der Waals surface area contributed by atoms with Crippen LogP contribution in [0, 0.1) is 29.1 Å². The molecule has 0 spiro atoms. The predicted octanol–water partition coefficient (Wildman–Crippen LogP) is 7.08. The van der Waals surface area contributed by atoms with Crippen molar-refractivity contribution >= 4 is 29.1 Å². The molecule has 47 heavy (non-hydrogen) atoms. The SMILES string of the molecule is CC[C@H]1OC(=O)[C@@](C)(F)C(=O)[C@H](C)C(C)(C)C(C)(C)OC/C(=N/OCc2ccccc2)CC[C@H]([C@@H](C)C(=NC(C)=O)C(C)C)[C@]1(C)O. The highest BCUT2D eigenvalue weighted by Gasteiger charge is 2.55. The lowest BCUT2D eigenvalue weighted by atomic mass is 9.65. The number of carbonyl (C=O) groups is 3. The van der Waals surface area contributed by atoms with E-state index in [1.54, 1.807) is 34.6 Å². The number of cyclic esters (lactones) is 1. The number of esters is 1. The van der Waals surface area contributed by atoms with Crippen LogP contribution in [0.3, 0.4) is 0 Å². The number of benzene rings is 1. The predicted molar refractivity (Wildman–Crippen MR) is 182 cm³/mol. The van der Waals surface area contributed by atoms with Crippen LogP contribution in [0.4, 0.5) is 4.39 Å². The minimum Gasteiger partial charge on any atom is -0.457 e. The smallest absolute Gasteiger partial charge is 0.351 e. The van der Waals surface area contributed by atoms with Gasteiger partial charge in [-0.3, -0.25) is 9.59 Å². The summed E-state index contributed by atoms with van der Waals surface area (Å²) in [5.74, 6) is -4.85. The van der Waals surface area contributed by atoms with Crippen molar-refractivity contribution in [1.82, 2.24) is 0 Å². The summed E-state index contributed by atoms with van der Waals surface area (Å²) in [4.78, 5) is 49.4. The van der Waals surface area contributed by atoms with Crippen molar-refractivity contribution in [2.75, 3.05) is 6.61 Å². The van der Waals surface area contributed by atoms with Gasteiger partial charge in [-0.25, -0.2) is 14.2 Å². The van der Waals surface area contributed by atoms with Gasteiger partial charge in [-0.05, 0) is 64.4 Å². The van der Waals surface area contributed by atoms with Crippen molar-refractivity contribution < 1.29 is 38.2 Å². The average molecular weight is 661 g/mol. The largest absolute Gasteiger partial charge is 0.457 e. The molecule has 1 amide bonds. The molecule has 0 aromatic heterocycles. The monoisotopic (exact) mass is 660 g/mol. The van der Waals surface area contributed by atoms with Gasteiger partial charge in [-0.2, -0.15) is 0 Å². The molecule has 0 aliphatic carbocycles. The molecule has 0 bridgehead atoms. The van der Waals surface area contributed by atoms with Crippen LogP contribution in [-0.2, 0) is 35.3 Å². The van der Waals surface area contributed by atoms with Crippen molar-refractivity contribution in [3.05, 3.63) is 35.9 Å². The number of ketones is 1. The highest BCUT2D eigenvalue weighted by molar-refractivity contribution is 6.08. The first kappa shape index (κ1) is 40.2. The van der Waals surface area contributed by atoms with E-state index in [2.05, 4.69) is 10.1 Å². The number of Topliss-reactive ketones (excluding diaryl/α,β-unsaturated/α-hetero) is 1. The molecule has 0 radical (unpaired) electrons. The fourth-order valence-corrected chi connectivity index (χ4v) is 6.33. The number of carbonyl (C=O) groups excluding carboxylic acids is 3. The normalized spacial score (nSPS) is 31.1. The molecule has 1 aromatic rings. The first-order chi connectivity index (χ1) is 21.6. The van der Waals surface area contributed by atoms with Gasteiger partial charge in [0, 0.05) is 29.9 Å². The number of rotatable bonds is 7. The molecule has 1 aliphatic rings. The Bertz CT molecular complexity index is 1300. The number of aliphatic imine (C=N–C) groups is 1. The molecule has 1 aromatic carbocycles. The van der Waals surface area contributed by atoms with Crippen molar-refractivity contribution in [2.45, 2.75) is 132 Å². The fraction of sp³-hybridized carbons (Fsp3) is 0.703. The first-order valence-corrected chi connectivity index (χ1v) is 16.7. The molecule has 10 heteroatoms. The van der Waals surface area contributed by atoms with E-state index < -0.39 is 57.9 Å². The molecular formula is C37H57FN2O7. The van der Waals surface area contributed by atoms with Gasteiger partial charge in [-0.15, -0.1) is 0 Å². The average Bonchev–Trinajstić information content (AvgIpc) is 2.99. The molecule has 9 nitrogen and oxygen atoms in total. The number of nitrogens with zero attached hydrogens (tertiary/aromatic N) is 2. The second-order valence-electron chi connectivity index (χ2n) is 14.7. The maximum absolute atomic E-state index is 16.3. The van der Waals surface area contributed by atoms with E-state index in [1.165, 1.54) is 6.92 Å². The maximum atomic E-state index is 16.3. The third-order valence-corrected chi connectivity index (χ3v) is 10.5. The summed E-state index contributed by atoms with van der Waals surface area (Å²) in [6.07, 6.45) is -0.395. The van der Waals surface area contributed by atoms with E-state index in [0.717, 1.165) is 12.5 Å². The lowest BCUT2D eigenvalue weighted by Gasteiger charge is -2.45. The van der Waals surface area contributed by atoms with Crippen molar-refractivity contribution in [3.8, 4) is 0 Å². The van der Waals surface area contributed by atoms with Crippen molar-refractivity contribution in [2.24, 2.45) is 39.2 Å². The molecule has 0 unspecified atom stereocenters. The second-order valence-corrected chi connectivity index (χ2v) is 14.7. The fourth-order valence-electron chi connectivity index (χ4n) is 6.33. The number of ether oxygens (including phenoxy) is 2. The molecular weight excluding hydrogens is 603 g/mol. The van der Waals surface area contributed by atoms with Gasteiger partial charge < -0.3 is 19.4 Å². The Morgan fingerprint density at radius 3 is 2.21 bits per heavy atom. The van der Waals surface area contributed by atoms with Gasteiger partial charge in [0.1, 0.15) is 18.3 Å². The topological polar surface area (TPSA) is 124 Å². The highest BCUT2D eigenvalue weighted by Crippen LogP contribution is 2.44. The standard InChI is InChI=1S/C37H57FN2O7/c1-13-30-37(12,44)29(24(4)31(23(2)3)39-26(6)41)20-19-28(40-46-21-27-17-15-14-16-18-27)22-45-35(9,10)34(7,8)25(5)32(42)36(11,38)33(43)47-30/h14-18,23-25,29-30,44H,13,19-22H2,1-12H3/b39-31?,40-28+/t24-,25+,29-,30-,36+,37+/m1/s1. The zero-order valence-corrected chi connectivity index (χ0v) is 30.5. The van der Waals surface area contributed by atoms with Crippen molar-refractivity contribution in [3.63, 3.8) is 0 Å². The van der Waals surface area contributed by atoms with Gasteiger partial charge in [0.15, 0.2) is 5.78 Å². The Morgan fingerprint density at radius 2 is 1.68 bits per heavy atom. The van der Waals surface area contributed by atoms with Crippen LogP contribution < -0.4 is 0 Å². The minimum absolute atomic E-state index is 0.0352. The van der Waals surface area contributed by atoms with E-state index in [0.29, 0.717) is 24.3 Å². The van der Waals surface area contributed by atoms with Crippen LogP contribution in [-0.4, -0.2) is 63.8 Å². The van der Waals surface area contributed by atoms with E-state index in [-0.39, 0.29) is 31.5 Å². The molecule has 1 fully saturated rings. The van der Waals surface area contributed by atoms with Gasteiger partial charge in [0.2, 0.25) is 5.91 Å². The number of alkyl halides is 1. The molecule has 1 N–H and O–H groups in total. The third kappa shape index (κ3) is 9.56. The lowest BCUT2D eigenvalue weighted by molar-refractivity contribution is -0.188. The van der Waals surface area contributed by atoms with Crippen molar-refractivity contribution in [1.29, 1.82) is 0 Å². The first-order valence-electron chi connectivity index (χ1n) is 16.7. The van der Waals surface area contributed by atoms with Gasteiger partial charge in [-0.1, -0.05) is 84.0 Å². The van der Waals surface area contributed by atoms with E-state index in [9.17, 15) is 19.5 Å². The van der Waals surface area contributed by atoms with Gasteiger partial charge in [0.05, 0.1) is 17.9 Å². The maximum Gasteiger partial charge on any atom is 0.351 e. The Balaban J connectivity index is 2.73. The molecule has 0 saturated carbocycles. The van der Waals surface area contributed by atoms with Crippen LogP contribution in [0.25, 0.3) is 0 Å². The third-order valence-electron chi connectivity index (χ3n) is 10.5. The second kappa shape index (κ2) is 15.9. The summed E-state index contributed by atoms with van der Waals surface area (Å²) in [6, 6.07) is 9.60. The minimum atomic E-state index is -2.98. The summed E-state index contributed by atoms with van der Waals surface area (Å²) in [5, 5.41) is 16.7. The van der Waals surface area contributed by atoms with Gasteiger partial charge >= 0.3 is 5.97 Å². The molecule has 2 rings (SSSR count). The number of oxime groups is 1. The molecule has 1 heterocycles.